The van der Waals surface area contributed by atoms with Crippen molar-refractivity contribution >= 4 is 11.4 Å². The summed E-state index contributed by atoms with van der Waals surface area (Å²) in [5.74, 6) is 0. The van der Waals surface area contributed by atoms with Crippen LogP contribution in [0.1, 0.15) is 39.0 Å². The summed E-state index contributed by atoms with van der Waals surface area (Å²) >= 11 is 0. The molecule has 0 saturated heterocycles. The van der Waals surface area contributed by atoms with Crippen molar-refractivity contribution in [1.29, 1.82) is 0 Å². The molecule has 1 aromatic rings. The Balaban J connectivity index is 2.32. The first kappa shape index (κ1) is 12.6. The van der Waals surface area contributed by atoms with Gasteiger partial charge in [0.1, 0.15) is 0 Å². The molecule has 0 aliphatic heterocycles. The molecule has 1 rings (SSSR count). The van der Waals surface area contributed by atoms with Crippen molar-refractivity contribution in [1.82, 2.24) is 0 Å². The molecule has 3 N–H and O–H groups in total. The Bertz CT molecular complexity index is 331. The molecule has 2 nitrogen and oxygen atoms in total. The molecule has 16 heavy (non-hydrogen) atoms. The molecule has 1 aromatic carbocycles. The normalized spacial score (nSPS) is 10.1. The van der Waals surface area contributed by atoms with Crippen molar-refractivity contribution in [3.8, 4) is 0 Å². The quantitative estimate of drug-likeness (QED) is 0.532. The molecule has 0 amide bonds. The van der Waals surface area contributed by atoms with E-state index in [1.807, 2.05) is 24.3 Å². The Morgan fingerprint density at radius 3 is 2.69 bits per heavy atom. The van der Waals surface area contributed by atoms with Crippen LogP contribution < -0.4 is 11.1 Å². The van der Waals surface area contributed by atoms with Crippen molar-refractivity contribution < 1.29 is 0 Å². The predicted molar refractivity (Wildman–Crippen MR) is 72.4 cm³/mol. The Hall–Kier alpha value is -1.44. The first-order chi connectivity index (χ1) is 7.74. The zero-order valence-electron chi connectivity index (χ0n) is 10.1. The van der Waals surface area contributed by atoms with Crippen LogP contribution in [0, 0.1) is 0 Å². The lowest BCUT2D eigenvalue weighted by atomic mass is 10.1. The SMILES string of the molecule is C=C(CCCCCC)Nc1ccccc1N. The molecule has 0 radical (unpaired) electrons. The molecule has 88 valence electrons. The van der Waals surface area contributed by atoms with Gasteiger partial charge in [-0.3, -0.25) is 0 Å². The number of nitrogens with two attached hydrogens (primary N) is 1. The maximum absolute atomic E-state index is 5.84. The van der Waals surface area contributed by atoms with Crippen LogP contribution in [-0.4, -0.2) is 0 Å². The van der Waals surface area contributed by atoms with Gasteiger partial charge in [-0.05, 0) is 25.0 Å². The highest BCUT2D eigenvalue weighted by atomic mass is 14.9. The number of para-hydroxylation sites is 2. The van der Waals surface area contributed by atoms with Gasteiger partial charge in [0, 0.05) is 5.70 Å². The number of nitrogens with one attached hydrogen (secondary N) is 1. The lowest BCUT2D eigenvalue weighted by Crippen LogP contribution is -2.01. The summed E-state index contributed by atoms with van der Waals surface area (Å²) in [7, 11) is 0. The van der Waals surface area contributed by atoms with Gasteiger partial charge in [0.25, 0.3) is 0 Å². The number of allylic oxidation sites excluding steroid dienone is 1. The highest BCUT2D eigenvalue weighted by Crippen LogP contribution is 2.20. The van der Waals surface area contributed by atoms with Crippen LogP contribution in [0.4, 0.5) is 11.4 Å². The number of rotatable bonds is 7. The van der Waals surface area contributed by atoms with E-state index in [1.165, 1.54) is 25.7 Å². The summed E-state index contributed by atoms with van der Waals surface area (Å²) in [4.78, 5) is 0. The minimum Gasteiger partial charge on any atom is -0.397 e. The number of anilines is 2. The van der Waals surface area contributed by atoms with E-state index in [-0.39, 0.29) is 0 Å². The van der Waals surface area contributed by atoms with E-state index >= 15 is 0 Å². The van der Waals surface area contributed by atoms with Crippen LogP contribution in [0.25, 0.3) is 0 Å². The molecule has 0 aliphatic rings. The van der Waals surface area contributed by atoms with E-state index in [1.54, 1.807) is 0 Å². The van der Waals surface area contributed by atoms with Crippen molar-refractivity contribution in [3.63, 3.8) is 0 Å². The van der Waals surface area contributed by atoms with Gasteiger partial charge in [-0.2, -0.15) is 0 Å². The van der Waals surface area contributed by atoms with Crippen LogP contribution in [0.5, 0.6) is 0 Å². The summed E-state index contributed by atoms with van der Waals surface area (Å²) in [6.07, 6.45) is 6.08. The van der Waals surface area contributed by atoms with Crippen LogP contribution >= 0.6 is 0 Å². The minimum atomic E-state index is 0.775. The van der Waals surface area contributed by atoms with Crippen LogP contribution in [0.3, 0.4) is 0 Å². The third-order valence-electron chi connectivity index (χ3n) is 2.60. The summed E-state index contributed by atoms with van der Waals surface area (Å²) in [6.45, 7) is 6.24. The first-order valence-electron chi connectivity index (χ1n) is 6.03. The molecule has 0 fully saturated rings. The third-order valence-corrected chi connectivity index (χ3v) is 2.60. The van der Waals surface area contributed by atoms with E-state index in [0.717, 1.165) is 23.5 Å². The van der Waals surface area contributed by atoms with Gasteiger partial charge >= 0.3 is 0 Å². The summed E-state index contributed by atoms with van der Waals surface area (Å²) in [5, 5.41) is 3.27. The zero-order valence-corrected chi connectivity index (χ0v) is 10.1. The first-order valence-corrected chi connectivity index (χ1v) is 6.03. The second-order valence-electron chi connectivity index (χ2n) is 4.13. The highest BCUT2D eigenvalue weighted by Gasteiger charge is 1.99. The van der Waals surface area contributed by atoms with Crippen LogP contribution in [-0.2, 0) is 0 Å². The third kappa shape index (κ3) is 4.39. The van der Waals surface area contributed by atoms with Crippen molar-refractivity contribution in [2.45, 2.75) is 39.0 Å². The standard InChI is InChI=1S/C14H22N2/c1-3-4-5-6-9-12(2)16-14-11-8-7-10-13(14)15/h7-8,10-11,16H,2-6,9,15H2,1H3. The van der Waals surface area contributed by atoms with E-state index in [0.29, 0.717) is 0 Å². The van der Waals surface area contributed by atoms with Crippen molar-refractivity contribution in [2.75, 3.05) is 11.1 Å². The second kappa shape index (κ2) is 6.94. The Kier molecular flexibility index (Phi) is 5.48. The molecular formula is C14H22N2. The fourth-order valence-electron chi connectivity index (χ4n) is 1.63. The van der Waals surface area contributed by atoms with Gasteiger partial charge in [0.15, 0.2) is 0 Å². The Labute approximate surface area is 98.6 Å². The molecule has 0 saturated carbocycles. The van der Waals surface area contributed by atoms with Crippen LogP contribution in [0.15, 0.2) is 36.5 Å². The fourth-order valence-corrected chi connectivity index (χ4v) is 1.63. The molecule has 0 spiro atoms. The Morgan fingerprint density at radius 1 is 1.25 bits per heavy atom. The smallest absolute Gasteiger partial charge is 0.0615 e. The number of hydrogen-bond acceptors (Lipinski definition) is 2. The summed E-state index contributed by atoms with van der Waals surface area (Å²) in [6, 6.07) is 7.78. The molecule has 0 aromatic heterocycles. The van der Waals surface area contributed by atoms with Gasteiger partial charge in [-0.25, -0.2) is 0 Å². The van der Waals surface area contributed by atoms with Gasteiger partial charge in [-0.1, -0.05) is 44.9 Å². The largest absolute Gasteiger partial charge is 0.397 e. The molecule has 0 aliphatic carbocycles. The van der Waals surface area contributed by atoms with Crippen molar-refractivity contribution in [2.24, 2.45) is 0 Å². The highest BCUT2D eigenvalue weighted by molar-refractivity contribution is 5.67. The van der Waals surface area contributed by atoms with Crippen molar-refractivity contribution in [3.05, 3.63) is 36.5 Å². The lowest BCUT2D eigenvalue weighted by Gasteiger charge is -2.11. The maximum atomic E-state index is 5.84. The molecule has 2 heteroatoms. The fraction of sp³-hybridized carbons (Fsp3) is 0.429. The predicted octanol–water partition coefficient (Wildman–Crippen LogP) is 4.16. The number of unbranched alkanes of at least 4 members (excludes halogenated alkanes) is 3. The number of hydrogen-bond donors (Lipinski definition) is 2. The number of nitrogen functional groups attached to an aromatic ring is 1. The zero-order chi connectivity index (χ0) is 11.8. The van der Waals surface area contributed by atoms with Gasteiger partial charge < -0.3 is 11.1 Å². The molecule has 0 bridgehead atoms. The maximum Gasteiger partial charge on any atom is 0.0615 e. The molecule has 0 heterocycles. The monoisotopic (exact) mass is 218 g/mol. The lowest BCUT2D eigenvalue weighted by molar-refractivity contribution is 0.666. The Morgan fingerprint density at radius 2 is 2.00 bits per heavy atom. The molecule has 0 unspecified atom stereocenters. The van der Waals surface area contributed by atoms with Gasteiger partial charge in [0.05, 0.1) is 11.4 Å². The van der Waals surface area contributed by atoms with Crippen LogP contribution in [0.2, 0.25) is 0 Å². The second-order valence-corrected chi connectivity index (χ2v) is 4.13. The average molecular weight is 218 g/mol. The number of benzene rings is 1. The molecule has 0 atom stereocenters. The molecular weight excluding hydrogens is 196 g/mol. The van der Waals surface area contributed by atoms with E-state index < -0.39 is 0 Å². The summed E-state index contributed by atoms with van der Waals surface area (Å²) < 4.78 is 0. The van der Waals surface area contributed by atoms with E-state index in [9.17, 15) is 0 Å². The summed E-state index contributed by atoms with van der Waals surface area (Å²) in [5.41, 5.74) is 8.63. The van der Waals surface area contributed by atoms with Gasteiger partial charge in [-0.15, -0.1) is 0 Å². The van der Waals surface area contributed by atoms with Gasteiger partial charge in [0.2, 0.25) is 0 Å². The average Bonchev–Trinajstić information content (AvgIpc) is 2.28. The van der Waals surface area contributed by atoms with E-state index in [2.05, 4.69) is 18.8 Å². The minimum absolute atomic E-state index is 0.775. The topological polar surface area (TPSA) is 38.0 Å². The van der Waals surface area contributed by atoms with E-state index in [4.69, 9.17) is 5.73 Å².